The zero-order chi connectivity index (χ0) is 14.0. The van der Waals surface area contributed by atoms with Crippen molar-refractivity contribution in [1.82, 2.24) is 10.2 Å². The van der Waals surface area contributed by atoms with Crippen molar-refractivity contribution in [3.63, 3.8) is 0 Å². The highest BCUT2D eigenvalue weighted by Gasteiger charge is 2.51. The Bertz CT molecular complexity index is 611. The first-order chi connectivity index (χ1) is 9.56. The van der Waals surface area contributed by atoms with Gasteiger partial charge in [-0.2, -0.15) is 0 Å². The van der Waals surface area contributed by atoms with Crippen LogP contribution in [0.3, 0.4) is 0 Å². The van der Waals surface area contributed by atoms with E-state index >= 15 is 0 Å². The number of carbonyl (C=O) groups is 4. The summed E-state index contributed by atoms with van der Waals surface area (Å²) in [5, 5.41) is 2.16. The maximum Gasteiger partial charge on any atom is 0.262 e. The third kappa shape index (κ3) is 1.44. The Kier molecular flexibility index (Phi) is 2.10. The number of epoxide rings is 1. The summed E-state index contributed by atoms with van der Waals surface area (Å²) in [6.45, 7) is 0. The topological polar surface area (TPSA) is 96.1 Å². The fourth-order valence-electron chi connectivity index (χ4n) is 2.85. The van der Waals surface area contributed by atoms with Crippen LogP contribution in [-0.2, 0) is 23.9 Å². The van der Waals surface area contributed by atoms with Crippen LogP contribution in [0.25, 0.3) is 0 Å². The fourth-order valence-corrected chi connectivity index (χ4v) is 2.85. The molecule has 3 atom stereocenters. The van der Waals surface area contributed by atoms with Gasteiger partial charge in [-0.25, -0.2) is 0 Å². The van der Waals surface area contributed by atoms with Crippen molar-refractivity contribution in [3.05, 3.63) is 23.3 Å². The summed E-state index contributed by atoms with van der Waals surface area (Å²) in [6, 6.07) is -0.905. The lowest BCUT2D eigenvalue weighted by molar-refractivity contribution is -0.149. The van der Waals surface area contributed by atoms with Crippen molar-refractivity contribution in [2.75, 3.05) is 0 Å². The third-order valence-corrected chi connectivity index (χ3v) is 3.93. The van der Waals surface area contributed by atoms with Gasteiger partial charge in [0.2, 0.25) is 11.8 Å². The normalized spacial score (nSPS) is 35.2. The lowest BCUT2D eigenvalue weighted by atomic mass is 10.0. The minimum atomic E-state index is -0.905. The number of nitrogens with one attached hydrogen (secondary N) is 1. The van der Waals surface area contributed by atoms with Gasteiger partial charge in [0.1, 0.15) is 18.2 Å². The molecule has 7 heteroatoms. The molecule has 4 rings (SSSR count). The standard InChI is InChI=1S/C13H10N2O5/c16-10-2-1-7(11(17)14-10)15-12(18)5-3-8-9(20-8)4-6(5)13(15)19/h3-4,7-9H,1-2H2,(H,14,16,17). The summed E-state index contributed by atoms with van der Waals surface area (Å²) in [7, 11) is 0. The molecule has 0 aromatic carbocycles. The molecule has 102 valence electrons. The molecule has 1 aliphatic carbocycles. The first kappa shape index (κ1) is 11.5. The van der Waals surface area contributed by atoms with Crippen molar-refractivity contribution in [2.45, 2.75) is 31.1 Å². The number of carbonyl (C=O) groups excluding carboxylic acids is 4. The van der Waals surface area contributed by atoms with Crippen LogP contribution < -0.4 is 5.32 Å². The molecule has 3 heterocycles. The van der Waals surface area contributed by atoms with Gasteiger partial charge in [0, 0.05) is 6.42 Å². The van der Waals surface area contributed by atoms with Crippen molar-refractivity contribution in [2.24, 2.45) is 0 Å². The predicted octanol–water partition coefficient (Wildman–Crippen LogP) is -1.21. The number of nitrogens with zero attached hydrogens (tertiary/aromatic N) is 1. The number of rotatable bonds is 1. The molecule has 3 unspecified atom stereocenters. The first-order valence-electron chi connectivity index (χ1n) is 6.37. The Morgan fingerprint density at radius 3 is 2.20 bits per heavy atom. The molecule has 4 aliphatic rings. The van der Waals surface area contributed by atoms with E-state index < -0.39 is 23.8 Å². The van der Waals surface area contributed by atoms with Crippen molar-refractivity contribution >= 4 is 23.6 Å². The van der Waals surface area contributed by atoms with E-state index in [1.54, 1.807) is 12.2 Å². The van der Waals surface area contributed by atoms with Crippen LogP contribution in [0, 0.1) is 0 Å². The average Bonchev–Trinajstić information content (AvgIpc) is 3.13. The molecule has 0 radical (unpaired) electrons. The average molecular weight is 274 g/mol. The maximum atomic E-state index is 12.3. The van der Waals surface area contributed by atoms with E-state index in [9.17, 15) is 19.2 Å². The zero-order valence-corrected chi connectivity index (χ0v) is 10.3. The lowest BCUT2D eigenvalue weighted by Gasteiger charge is -2.27. The zero-order valence-electron chi connectivity index (χ0n) is 10.3. The minimum Gasteiger partial charge on any atom is -0.361 e. The van der Waals surface area contributed by atoms with E-state index in [-0.39, 0.29) is 31.0 Å². The van der Waals surface area contributed by atoms with Crippen molar-refractivity contribution in [3.8, 4) is 0 Å². The largest absolute Gasteiger partial charge is 0.361 e. The van der Waals surface area contributed by atoms with Crippen LogP contribution in [0.5, 0.6) is 0 Å². The summed E-state index contributed by atoms with van der Waals surface area (Å²) in [4.78, 5) is 48.6. The number of piperidine rings is 1. The molecular weight excluding hydrogens is 264 g/mol. The Labute approximate surface area is 113 Å². The maximum absolute atomic E-state index is 12.3. The van der Waals surface area contributed by atoms with E-state index in [0.717, 1.165) is 4.90 Å². The number of fused-ring (bicyclic) bond motifs is 2. The van der Waals surface area contributed by atoms with Gasteiger partial charge < -0.3 is 4.74 Å². The van der Waals surface area contributed by atoms with E-state index in [0.29, 0.717) is 11.1 Å². The van der Waals surface area contributed by atoms with Crippen LogP contribution in [0.1, 0.15) is 12.8 Å². The number of ether oxygens (including phenoxy) is 1. The number of likely N-dealkylation sites (tertiary alicyclic amines) is 1. The second-order valence-corrected chi connectivity index (χ2v) is 5.17. The Morgan fingerprint density at radius 2 is 1.65 bits per heavy atom. The second-order valence-electron chi connectivity index (χ2n) is 5.17. The van der Waals surface area contributed by atoms with Gasteiger partial charge in [0.15, 0.2) is 0 Å². The fraction of sp³-hybridized carbons (Fsp3) is 0.385. The van der Waals surface area contributed by atoms with E-state index in [1.807, 2.05) is 0 Å². The molecule has 0 bridgehead atoms. The van der Waals surface area contributed by atoms with Crippen LogP contribution >= 0.6 is 0 Å². The number of amides is 4. The molecule has 0 aromatic rings. The highest BCUT2D eigenvalue weighted by Crippen LogP contribution is 2.39. The minimum absolute atomic E-state index is 0.125. The number of imide groups is 2. The summed E-state index contributed by atoms with van der Waals surface area (Å²) in [5.41, 5.74) is 0.608. The van der Waals surface area contributed by atoms with Gasteiger partial charge in [0.05, 0.1) is 11.1 Å². The first-order valence-corrected chi connectivity index (χ1v) is 6.37. The van der Waals surface area contributed by atoms with E-state index in [4.69, 9.17) is 4.74 Å². The van der Waals surface area contributed by atoms with Gasteiger partial charge in [0.25, 0.3) is 11.8 Å². The molecule has 3 saturated heterocycles. The molecular formula is C13H10N2O5. The van der Waals surface area contributed by atoms with Gasteiger partial charge in [-0.3, -0.25) is 29.4 Å². The van der Waals surface area contributed by atoms with Crippen molar-refractivity contribution < 1.29 is 23.9 Å². The molecule has 20 heavy (non-hydrogen) atoms. The van der Waals surface area contributed by atoms with Crippen LogP contribution in [-0.4, -0.2) is 46.8 Å². The quantitative estimate of drug-likeness (QED) is 0.478. The molecule has 0 saturated carbocycles. The Balaban J connectivity index is 1.69. The van der Waals surface area contributed by atoms with Crippen LogP contribution in [0.15, 0.2) is 23.3 Å². The summed E-state index contributed by atoms with van der Waals surface area (Å²) < 4.78 is 5.23. The van der Waals surface area contributed by atoms with Gasteiger partial charge in [-0.05, 0) is 18.6 Å². The number of hydrogen-bond donors (Lipinski definition) is 1. The van der Waals surface area contributed by atoms with Crippen LogP contribution in [0.2, 0.25) is 0 Å². The number of hydrogen-bond acceptors (Lipinski definition) is 5. The summed E-state index contributed by atoms with van der Waals surface area (Å²) in [6.07, 6.45) is 3.30. The lowest BCUT2D eigenvalue weighted by Crippen LogP contribution is -2.54. The monoisotopic (exact) mass is 274 g/mol. The van der Waals surface area contributed by atoms with E-state index in [2.05, 4.69) is 5.32 Å². The summed E-state index contributed by atoms with van der Waals surface area (Å²) >= 11 is 0. The SMILES string of the molecule is O=C1CCC(N2C(=O)C3=CC4OC4C=C3C2=O)C(=O)N1. The highest BCUT2D eigenvalue weighted by molar-refractivity contribution is 6.26. The summed E-state index contributed by atoms with van der Waals surface area (Å²) in [5.74, 6) is -1.94. The highest BCUT2D eigenvalue weighted by atomic mass is 16.6. The molecule has 7 nitrogen and oxygen atoms in total. The molecule has 3 fully saturated rings. The Hall–Kier alpha value is -2.28. The Morgan fingerprint density at radius 1 is 1.05 bits per heavy atom. The van der Waals surface area contributed by atoms with Crippen LogP contribution in [0.4, 0.5) is 0 Å². The molecule has 3 aliphatic heterocycles. The second kappa shape index (κ2) is 3.63. The molecule has 1 N–H and O–H groups in total. The van der Waals surface area contributed by atoms with Gasteiger partial charge >= 0.3 is 0 Å². The third-order valence-electron chi connectivity index (χ3n) is 3.93. The predicted molar refractivity (Wildman–Crippen MR) is 62.9 cm³/mol. The van der Waals surface area contributed by atoms with E-state index in [1.165, 1.54) is 0 Å². The molecule has 4 amide bonds. The molecule has 0 spiro atoms. The smallest absolute Gasteiger partial charge is 0.262 e. The molecule has 0 aromatic heterocycles. The van der Waals surface area contributed by atoms with Gasteiger partial charge in [-0.15, -0.1) is 0 Å². The van der Waals surface area contributed by atoms with Gasteiger partial charge in [-0.1, -0.05) is 0 Å². The van der Waals surface area contributed by atoms with Crippen molar-refractivity contribution in [1.29, 1.82) is 0 Å².